The first-order chi connectivity index (χ1) is 12.9. The van der Waals surface area contributed by atoms with Crippen LogP contribution in [0, 0.1) is 6.92 Å². The fraction of sp³-hybridized carbons (Fsp3) is 0.0500. The monoisotopic (exact) mass is 380 g/mol. The van der Waals surface area contributed by atoms with Gasteiger partial charge < -0.3 is 14.8 Å². The third kappa shape index (κ3) is 4.39. The largest absolute Gasteiger partial charge is 0.475 e. The lowest BCUT2D eigenvalue weighted by molar-refractivity contribution is 0.0663. The van der Waals surface area contributed by atoms with Crippen molar-refractivity contribution in [2.24, 2.45) is 0 Å². The van der Waals surface area contributed by atoms with Crippen molar-refractivity contribution in [3.05, 3.63) is 77.6 Å². The van der Waals surface area contributed by atoms with Gasteiger partial charge in [0, 0.05) is 11.1 Å². The maximum atomic E-state index is 12.3. The number of carboxylic acid groups (broad SMARTS) is 1. The van der Waals surface area contributed by atoms with E-state index >= 15 is 0 Å². The summed E-state index contributed by atoms with van der Waals surface area (Å²) in [5.74, 6) is -1.24. The molecule has 0 saturated carbocycles. The van der Waals surface area contributed by atoms with E-state index in [-0.39, 0.29) is 16.8 Å². The van der Waals surface area contributed by atoms with E-state index in [0.717, 1.165) is 5.56 Å². The average molecular weight is 380 g/mol. The van der Waals surface area contributed by atoms with Crippen molar-refractivity contribution < 1.29 is 19.1 Å². The maximum Gasteiger partial charge on any atom is 0.371 e. The summed E-state index contributed by atoms with van der Waals surface area (Å²) in [6.45, 7) is 1.90. The van der Waals surface area contributed by atoms with Crippen LogP contribution in [0.25, 0.3) is 11.3 Å². The Hall–Kier alpha value is -3.45. The molecule has 0 radical (unpaired) electrons. The lowest BCUT2D eigenvalue weighted by Gasteiger charge is -2.12. The van der Waals surface area contributed by atoms with E-state index < -0.39 is 5.97 Å². The van der Waals surface area contributed by atoms with Crippen LogP contribution in [0.3, 0.4) is 0 Å². The van der Waals surface area contributed by atoms with Gasteiger partial charge in [0.05, 0.1) is 5.69 Å². The Morgan fingerprint density at radius 3 is 2.52 bits per heavy atom. The number of carbonyl (C=O) groups is 2. The van der Waals surface area contributed by atoms with E-state index in [1.54, 1.807) is 48.5 Å². The molecule has 3 rings (SSSR count). The van der Waals surface area contributed by atoms with Crippen LogP contribution in [0.5, 0.6) is 0 Å². The Bertz CT molecular complexity index is 1030. The summed E-state index contributed by atoms with van der Waals surface area (Å²) in [5.41, 5.74) is 2.68. The number of benzene rings is 2. The van der Waals surface area contributed by atoms with Gasteiger partial charge in [0.25, 0.3) is 5.91 Å². The molecule has 0 spiro atoms. The molecule has 136 valence electrons. The Morgan fingerprint density at radius 2 is 1.81 bits per heavy atom. The molecule has 3 N–H and O–H groups in total. The quantitative estimate of drug-likeness (QED) is 0.591. The number of anilines is 1. The van der Waals surface area contributed by atoms with Crippen LogP contribution in [-0.2, 0) is 0 Å². The van der Waals surface area contributed by atoms with E-state index in [9.17, 15) is 9.59 Å². The van der Waals surface area contributed by atoms with E-state index in [1.807, 2.05) is 13.0 Å². The zero-order chi connectivity index (χ0) is 19.4. The van der Waals surface area contributed by atoms with E-state index in [4.69, 9.17) is 21.7 Å². The number of carbonyl (C=O) groups excluding carboxylic acids is 1. The highest BCUT2D eigenvalue weighted by molar-refractivity contribution is 7.80. The van der Waals surface area contributed by atoms with Gasteiger partial charge in [0.2, 0.25) is 5.76 Å². The second kappa shape index (κ2) is 7.84. The van der Waals surface area contributed by atoms with Crippen LogP contribution < -0.4 is 10.6 Å². The Kier molecular flexibility index (Phi) is 5.33. The number of aryl methyl sites for hydroxylation is 1. The minimum Gasteiger partial charge on any atom is -0.475 e. The number of hydrogen-bond acceptors (Lipinski definition) is 4. The fourth-order valence-electron chi connectivity index (χ4n) is 2.52. The number of hydrogen-bond donors (Lipinski definition) is 3. The number of aromatic carboxylic acids is 1. The number of thiocarbonyl (C=S) groups is 1. The fourth-order valence-corrected chi connectivity index (χ4v) is 2.72. The van der Waals surface area contributed by atoms with E-state index in [2.05, 4.69) is 10.6 Å². The first kappa shape index (κ1) is 18.3. The number of para-hydroxylation sites is 1. The van der Waals surface area contributed by atoms with Gasteiger partial charge in [0.15, 0.2) is 5.11 Å². The van der Waals surface area contributed by atoms with Gasteiger partial charge >= 0.3 is 5.97 Å². The van der Waals surface area contributed by atoms with Crippen molar-refractivity contribution in [2.45, 2.75) is 6.92 Å². The van der Waals surface area contributed by atoms with Crippen molar-refractivity contribution in [1.82, 2.24) is 5.32 Å². The topological polar surface area (TPSA) is 91.6 Å². The molecular formula is C20H16N2O4S. The van der Waals surface area contributed by atoms with Crippen LogP contribution in [0.15, 0.2) is 65.1 Å². The molecule has 0 aliphatic heterocycles. The molecular weight excluding hydrogens is 364 g/mol. The van der Waals surface area contributed by atoms with Crippen LogP contribution in [0.2, 0.25) is 0 Å². The summed E-state index contributed by atoms with van der Waals surface area (Å²) in [6, 6.07) is 17.2. The van der Waals surface area contributed by atoms with Gasteiger partial charge in [-0.15, -0.1) is 0 Å². The summed E-state index contributed by atoms with van der Waals surface area (Å²) < 4.78 is 5.35. The lowest BCUT2D eigenvalue weighted by Crippen LogP contribution is -2.34. The highest BCUT2D eigenvalue weighted by Gasteiger charge is 2.14. The summed E-state index contributed by atoms with van der Waals surface area (Å²) in [4.78, 5) is 23.3. The molecule has 0 unspecified atom stereocenters. The number of amides is 1. The number of rotatable bonds is 4. The molecule has 7 heteroatoms. The summed E-state index contributed by atoms with van der Waals surface area (Å²) >= 11 is 5.23. The second-order valence-corrected chi connectivity index (χ2v) is 6.20. The van der Waals surface area contributed by atoms with Gasteiger partial charge in [-0.05, 0) is 55.5 Å². The van der Waals surface area contributed by atoms with Crippen molar-refractivity contribution in [2.75, 3.05) is 5.32 Å². The van der Waals surface area contributed by atoms with Crippen molar-refractivity contribution in [3.63, 3.8) is 0 Å². The molecule has 1 heterocycles. The maximum absolute atomic E-state index is 12.3. The van der Waals surface area contributed by atoms with Crippen molar-refractivity contribution in [3.8, 4) is 11.3 Å². The molecule has 6 nitrogen and oxygen atoms in total. The first-order valence-corrected chi connectivity index (χ1v) is 8.46. The van der Waals surface area contributed by atoms with Gasteiger partial charge in [-0.1, -0.05) is 29.8 Å². The van der Waals surface area contributed by atoms with Crippen LogP contribution in [0.4, 0.5) is 5.69 Å². The molecule has 1 amide bonds. The van der Waals surface area contributed by atoms with Crippen LogP contribution in [-0.4, -0.2) is 22.1 Å². The molecule has 0 fully saturated rings. The molecule has 2 aromatic carbocycles. The SMILES string of the molecule is Cc1cccc(C(=O)NC(=S)Nc2ccccc2-c2ccc(C(=O)O)o2)c1. The molecule has 1 aromatic heterocycles. The van der Waals surface area contributed by atoms with Gasteiger partial charge in [0.1, 0.15) is 5.76 Å². The van der Waals surface area contributed by atoms with Crippen LogP contribution in [0.1, 0.15) is 26.5 Å². The number of furan rings is 1. The van der Waals surface area contributed by atoms with Gasteiger partial charge in [-0.3, -0.25) is 10.1 Å². The Labute approximate surface area is 160 Å². The zero-order valence-corrected chi connectivity index (χ0v) is 15.2. The summed E-state index contributed by atoms with van der Waals surface area (Å²) in [7, 11) is 0. The minimum atomic E-state index is -1.15. The number of carboxylic acids is 1. The van der Waals surface area contributed by atoms with Crippen LogP contribution >= 0.6 is 12.2 Å². The summed E-state index contributed by atoms with van der Waals surface area (Å²) in [5, 5.41) is 14.7. The molecule has 0 aliphatic rings. The average Bonchev–Trinajstić information content (AvgIpc) is 3.12. The Morgan fingerprint density at radius 1 is 1.04 bits per heavy atom. The predicted octanol–water partition coefficient (Wildman–Crippen LogP) is 4.08. The Balaban J connectivity index is 1.76. The van der Waals surface area contributed by atoms with Gasteiger partial charge in [-0.25, -0.2) is 4.79 Å². The van der Waals surface area contributed by atoms with E-state index in [0.29, 0.717) is 22.6 Å². The molecule has 0 saturated heterocycles. The first-order valence-electron chi connectivity index (χ1n) is 8.05. The molecule has 27 heavy (non-hydrogen) atoms. The third-order valence-corrected chi connectivity index (χ3v) is 3.97. The molecule has 0 bridgehead atoms. The lowest BCUT2D eigenvalue weighted by atomic mass is 10.1. The van der Waals surface area contributed by atoms with Crippen molar-refractivity contribution in [1.29, 1.82) is 0 Å². The normalized spacial score (nSPS) is 10.3. The van der Waals surface area contributed by atoms with E-state index in [1.165, 1.54) is 6.07 Å². The van der Waals surface area contributed by atoms with Gasteiger partial charge in [-0.2, -0.15) is 0 Å². The standard InChI is InChI=1S/C20H16N2O4S/c1-12-5-4-6-13(11-12)18(23)22-20(27)21-15-8-3-2-7-14(15)16-9-10-17(26-16)19(24)25/h2-11H,1H3,(H,24,25)(H2,21,22,23,27). The molecule has 3 aromatic rings. The predicted molar refractivity (Wildman–Crippen MR) is 106 cm³/mol. The molecule has 0 aliphatic carbocycles. The second-order valence-electron chi connectivity index (χ2n) is 5.79. The smallest absolute Gasteiger partial charge is 0.371 e. The van der Waals surface area contributed by atoms with Crippen molar-refractivity contribution >= 4 is 34.9 Å². The highest BCUT2D eigenvalue weighted by Crippen LogP contribution is 2.29. The number of nitrogens with one attached hydrogen (secondary N) is 2. The highest BCUT2D eigenvalue weighted by atomic mass is 32.1. The minimum absolute atomic E-state index is 0.124. The summed E-state index contributed by atoms with van der Waals surface area (Å²) in [6.07, 6.45) is 0. The zero-order valence-electron chi connectivity index (χ0n) is 14.4. The molecule has 0 atom stereocenters. The third-order valence-electron chi connectivity index (χ3n) is 3.76.